The van der Waals surface area contributed by atoms with Gasteiger partial charge in [0, 0.05) is 18.1 Å². The molecule has 0 aliphatic carbocycles. The molecule has 0 aliphatic heterocycles. The molecule has 0 fully saturated rings. The van der Waals surface area contributed by atoms with Crippen molar-refractivity contribution in [3.8, 4) is 17.2 Å². The summed E-state index contributed by atoms with van der Waals surface area (Å²) >= 11 is 14.6. The number of hydrogen-bond acceptors (Lipinski definition) is 5. The van der Waals surface area contributed by atoms with Gasteiger partial charge in [-0.3, -0.25) is 4.79 Å². The minimum Gasteiger partial charge on any atom is -0.455 e. The van der Waals surface area contributed by atoms with E-state index in [2.05, 4.69) is 5.18 Å². The number of ether oxygens (including phenoxy) is 2. The second-order valence-electron chi connectivity index (χ2n) is 6.34. The predicted octanol–water partition coefficient (Wildman–Crippen LogP) is 7.45. The Bertz CT molecular complexity index is 900. The number of nitroso groups, excluding NO2 is 1. The van der Waals surface area contributed by atoms with Gasteiger partial charge in [0.2, 0.25) is 0 Å². The highest BCUT2D eigenvalue weighted by Gasteiger charge is 2.22. The summed E-state index contributed by atoms with van der Waals surface area (Å²) in [5.41, 5.74) is 2.14. The van der Waals surface area contributed by atoms with E-state index < -0.39 is 0 Å². The van der Waals surface area contributed by atoms with Gasteiger partial charge in [0.15, 0.2) is 5.75 Å². The molecule has 2 aromatic rings. The normalized spacial score (nSPS) is 10.9. The molecule has 0 unspecified atom stereocenters. The molecule has 5 nitrogen and oxygen atoms in total. The number of carbonyl (C=O) groups excluding carboxylic acids is 1. The molecule has 0 N–H and O–H groups in total. The first kappa shape index (κ1) is 21.9. The largest absolute Gasteiger partial charge is 0.455 e. The lowest BCUT2D eigenvalue weighted by atomic mass is 9.99. The van der Waals surface area contributed by atoms with Crippen LogP contribution in [0.25, 0.3) is 0 Å². The van der Waals surface area contributed by atoms with E-state index in [4.69, 9.17) is 32.7 Å². The lowest BCUT2D eigenvalue weighted by Crippen LogP contribution is -2.07. The zero-order chi connectivity index (χ0) is 20.5. The Balaban J connectivity index is 2.59. The van der Waals surface area contributed by atoms with Crippen LogP contribution < -0.4 is 9.47 Å². The molecule has 0 atom stereocenters. The van der Waals surface area contributed by atoms with Crippen LogP contribution in [0.2, 0.25) is 10.0 Å². The summed E-state index contributed by atoms with van der Waals surface area (Å²) in [6, 6.07) is 3.56. The Labute approximate surface area is 181 Å². The molecule has 27 heavy (non-hydrogen) atoms. The molecule has 144 valence electrons. The summed E-state index contributed by atoms with van der Waals surface area (Å²) in [7, 11) is 0. The smallest absolute Gasteiger partial charge is 0.308 e. The van der Waals surface area contributed by atoms with Gasteiger partial charge in [-0.05, 0) is 65.2 Å². The number of nitrogens with zero attached hydrogens (tertiary/aromatic N) is 1. The first-order chi connectivity index (χ1) is 12.6. The summed E-state index contributed by atoms with van der Waals surface area (Å²) in [5.74, 6) is 1.12. The number of aryl methyl sites for hydroxylation is 1. The van der Waals surface area contributed by atoms with Crippen molar-refractivity contribution in [2.45, 2.75) is 40.5 Å². The molecule has 2 rings (SSSR count). The zero-order valence-electron chi connectivity index (χ0n) is 15.4. The van der Waals surface area contributed by atoms with Crippen LogP contribution >= 0.6 is 45.8 Å². The monoisotopic (exact) mass is 521 g/mol. The number of carbonyl (C=O) groups is 1. The Morgan fingerprint density at radius 1 is 1.15 bits per heavy atom. The average molecular weight is 522 g/mol. The van der Waals surface area contributed by atoms with Crippen molar-refractivity contribution in [2.24, 2.45) is 5.18 Å². The maximum absolute atomic E-state index is 11.4. The van der Waals surface area contributed by atoms with Crippen LogP contribution in [-0.4, -0.2) is 5.97 Å². The molecule has 0 aliphatic rings. The number of halogens is 3. The van der Waals surface area contributed by atoms with E-state index in [0.29, 0.717) is 26.4 Å². The fraction of sp³-hybridized carbons (Fsp3) is 0.316. The van der Waals surface area contributed by atoms with Crippen molar-refractivity contribution in [2.75, 3.05) is 0 Å². The molecule has 0 heterocycles. The first-order valence-electron chi connectivity index (χ1n) is 8.09. The molecule has 0 amide bonds. The molecule has 8 heteroatoms. The minimum atomic E-state index is -0.384. The lowest BCUT2D eigenvalue weighted by Gasteiger charge is -2.19. The Hall–Kier alpha value is -1.38. The molecule has 0 saturated carbocycles. The minimum absolute atomic E-state index is 0.0997. The third-order valence-electron chi connectivity index (χ3n) is 3.94. The van der Waals surface area contributed by atoms with Gasteiger partial charge >= 0.3 is 5.97 Å². The quantitative estimate of drug-likeness (QED) is 0.135. The highest BCUT2D eigenvalue weighted by molar-refractivity contribution is 14.1. The van der Waals surface area contributed by atoms with E-state index >= 15 is 0 Å². The molecule has 2 aromatic carbocycles. The summed E-state index contributed by atoms with van der Waals surface area (Å²) in [5, 5.41) is 3.42. The van der Waals surface area contributed by atoms with Gasteiger partial charge in [0.05, 0.1) is 13.6 Å². The van der Waals surface area contributed by atoms with Crippen molar-refractivity contribution in [1.29, 1.82) is 0 Å². The summed E-state index contributed by atoms with van der Waals surface area (Å²) in [6.45, 7) is 8.84. The lowest BCUT2D eigenvalue weighted by molar-refractivity contribution is -0.132. The molecule has 0 bridgehead atoms. The number of esters is 1. The second-order valence-corrected chi connectivity index (χ2v) is 8.18. The van der Waals surface area contributed by atoms with Gasteiger partial charge in [-0.2, -0.15) is 0 Å². The van der Waals surface area contributed by atoms with E-state index in [1.165, 1.54) is 6.92 Å². The highest BCUT2D eigenvalue weighted by Crippen LogP contribution is 2.47. The van der Waals surface area contributed by atoms with Gasteiger partial charge in [-0.25, -0.2) is 0 Å². The molecular weight excluding hydrogens is 504 g/mol. The van der Waals surface area contributed by atoms with Gasteiger partial charge in [-0.1, -0.05) is 37.0 Å². The van der Waals surface area contributed by atoms with Crippen LogP contribution in [0.15, 0.2) is 17.3 Å². The van der Waals surface area contributed by atoms with E-state index in [-0.39, 0.29) is 27.6 Å². The maximum atomic E-state index is 11.4. The van der Waals surface area contributed by atoms with Crippen molar-refractivity contribution in [1.82, 2.24) is 0 Å². The van der Waals surface area contributed by atoms with Gasteiger partial charge < -0.3 is 9.47 Å². The summed E-state index contributed by atoms with van der Waals surface area (Å²) < 4.78 is 11.9. The van der Waals surface area contributed by atoms with Crippen molar-refractivity contribution in [3.05, 3.63) is 47.3 Å². The van der Waals surface area contributed by atoms with E-state index in [1.54, 1.807) is 19.1 Å². The second kappa shape index (κ2) is 8.75. The Morgan fingerprint density at radius 2 is 1.78 bits per heavy atom. The molecule has 0 saturated heterocycles. The molecule has 0 radical (unpaired) electrons. The third kappa shape index (κ3) is 4.55. The summed E-state index contributed by atoms with van der Waals surface area (Å²) in [6.07, 6.45) is 0. The molecular formula is C19H18Cl2INO4. The average Bonchev–Trinajstić information content (AvgIpc) is 2.59. The fourth-order valence-electron chi connectivity index (χ4n) is 2.59. The summed E-state index contributed by atoms with van der Waals surface area (Å²) in [4.78, 5) is 22.5. The van der Waals surface area contributed by atoms with Crippen LogP contribution in [0, 0.1) is 22.3 Å². The fourth-order valence-corrected chi connectivity index (χ4v) is 3.87. The van der Waals surface area contributed by atoms with Gasteiger partial charge in [0.1, 0.15) is 17.2 Å². The third-order valence-corrected chi connectivity index (χ3v) is 6.11. The highest BCUT2D eigenvalue weighted by atomic mass is 127. The van der Waals surface area contributed by atoms with E-state index in [1.807, 2.05) is 43.4 Å². The van der Waals surface area contributed by atoms with Crippen molar-refractivity contribution in [3.63, 3.8) is 0 Å². The van der Waals surface area contributed by atoms with Crippen LogP contribution in [0.3, 0.4) is 0 Å². The molecule has 0 aromatic heterocycles. The maximum Gasteiger partial charge on any atom is 0.308 e. The number of rotatable bonds is 5. The van der Waals surface area contributed by atoms with Crippen LogP contribution in [0.5, 0.6) is 17.2 Å². The van der Waals surface area contributed by atoms with Gasteiger partial charge in [0.25, 0.3) is 0 Å². The topological polar surface area (TPSA) is 65.0 Å². The first-order valence-corrected chi connectivity index (χ1v) is 9.93. The predicted molar refractivity (Wildman–Crippen MR) is 116 cm³/mol. The zero-order valence-corrected chi connectivity index (χ0v) is 19.1. The van der Waals surface area contributed by atoms with Gasteiger partial charge in [-0.15, -0.1) is 4.91 Å². The van der Waals surface area contributed by atoms with Crippen LogP contribution in [-0.2, 0) is 4.79 Å². The molecule has 0 spiro atoms. The van der Waals surface area contributed by atoms with Crippen LogP contribution in [0.4, 0.5) is 5.69 Å². The van der Waals surface area contributed by atoms with Crippen molar-refractivity contribution < 1.29 is 14.3 Å². The Morgan fingerprint density at radius 3 is 2.30 bits per heavy atom. The van der Waals surface area contributed by atoms with E-state index in [9.17, 15) is 9.70 Å². The Kier molecular flexibility index (Phi) is 7.10. The number of hydrogen-bond donors (Lipinski definition) is 0. The van der Waals surface area contributed by atoms with Crippen LogP contribution in [0.1, 0.15) is 43.4 Å². The SMILES string of the molecule is CC(=O)Oc1c(C)cc(Oc2c(Cl)c(C)c(N=O)c(Cl)c2I)cc1C(C)C. The van der Waals surface area contributed by atoms with Crippen molar-refractivity contribution >= 4 is 57.4 Å². The van der Waals surface area contributed by atoms with E-state index in [0.717, 1.165) is 11.1 Å². The number of benzene rings is 2. The standard InChI is InChI=1S/C19H18Cl2INO4/c1-8(2)13-7-12(6-9(3)18(13)26-11(5)24)27-19-14(20)10(4)17(23-25)15(21)16(19)22/h6-8H,1-5H3.